The quantitative estimate of drug-likeness (QED) is 0.896. The number of benzene rings is 1. The fraction of sp³-hybridized carbons (Fsp3) is 0.467. The molecule has 0 spiro atoms. The summed E-state index contributed by atoms with van der Waals surface area (Å²) in [5.41, 5.74) is -1.23. The van der Waals surface area contributed by atoms with Gasteiger partial charge in [0.15, 0.2) is 0 Å². The molecule has 1 fully saturated rings. The smallest absolute Gasteiger partial charge is 0.338 e. The molecule has 0 radical (unpaired) electrons. The van der Waals surface area contributed by atoms with E-state index in [1.807, 2.05) is 13.8 Å². The molecule has 1 saturated heterocycles. The van der Waals surface area contributed by atoms with Crippen LogP contribution in [0.2, 0.25) is 0 Å². The van der Waals surface area contributed by atoms with Gasteiger partial charge in [0.1, 0.15) is 0 Å². The Kier molecular flexibility index (Phi) is 4.82. The number of likely N-dealkylation sites (tertiary alicyclic amines) is 1. The van der Waals surface area contributed by atoms with Gasteiger partial charge in [0, 0.05) is 19.0 Å². The number of carbonyl (C=O) groups excluding carboxylic acids is 2. The number of rotatable bonds is 3. The normalized spacial score (nSPS) is 18.4. The van der Waals surface area contributed by atoms with Crippen LogP contribution < -0.4 is 10.6 Å². The van der Waals surface area contributed by atoms with Gasteiger partial charge in [-0.3, -0.25) is 4.79 Å². The maximum Gasteiger partial charge on any atom is 0.418 e. The Morgan fingerprint density at radius 1 is 1.30 bits per heavy atom. The molecule has 2 N–H and O–H groups in total. The molecule has 0 saturated carbocycles. The molecule has 23 heavy (non-hydrogen) atoms. The van der Waals surface area contributed by atoms with Crippen molar-refractivity contribution < 1.29 is 22.8 Å². The van der Waals surface area contributed by atoms with E-state index >= 15 is 0 Å². The van der Waals surface area contributed by atoms with Gasteiger partial charge in [-0.25, -0.2) is 4.79 Å². The van der Waals surface area contributed by atoms with E-state index in [9.17, 15) is 22.8 Å². The van der Waals surface area contributed by atoms with Crippen LogP contribution in [-0.4, -0.2) is 35.5 Å². The Morgan fingerprint density at radius 2 is 1.96 bits per heavy atom. The zero-order valence-electron chi connectivity index (χ0n) is 12.8. The van der Waals surface area contributed by atoms with E-state index in [1.54, 1.807) is 4.90 Å². The monoisotopic (exact) mass is 329 g/mol. The first-order chi connectivity index (χ1) is 10.7. The summed E-state index contributed by atoms with van der Waals surface area (Å²) in [5.74, 6) is -0.0824. The molecule has 1 aromatic rings. The summed E-state index contributed by atoms with van der Waals surface area (Å²) in [6.07, 6.45) is -4.41. The highest BCUT2D eigenvalue weighted by Gasteiger charge is 2.35. The van der Waals surface area contributed by atoms with Gasteiger partial charge < -0.3 is 15.5 Å². The Hall–Kier alpha value is -2.25. The third-order valence-corrected chi connectivity index (χ3v) is 3.60. The van der Waals surface area contributed by atoms with Crippen molar-refractivity contribution in [2.75, 3.05) is 11.9 Å². The molecule has 1 heterocycles. The molecule has 1 aromatic carbocycles. The molecule has 0 bridgehead atoms. The van der Waals surface area contributed by atoms with Crippen LogP contribution in [0.4, 0.5) is 23.7 Å². The highest BCUT2D eigenvalue weighted by atomic mass is 19.4. The fourth-order valence-electron chi connectivity index (χ4n) is 2.51. The molecule has 1 unspecified atom stereocenters. The van der Waals surface area contributed by atoms with Crippen LogP contribution in [0.1, 0.15) is 25.8 Å². The van der Waals surface area contributed by atoms with Crippen molar-refractivity contribution in [2.45, 2.75) is 38.5 Å². The lowest BCUT2D eigenvalue weighted by Crippen LogP contribution is -2.41. The van der Waals surface area contributed by atoms with E-state index in [0.29, 0.717) is 6.54 Å². The number of anilines is 1. The average molecular weight is 329 g/mol. The summed E-state index contributed by atoms with van der Waals surface area (Å²) in [5, 5.41) is 4.74. The van der Waals surface area contributed by atoms with E-state index in [-0.39, 0.29) is 24.1 Å². The molecule has 3 amide bonds. The summed E-state index contributed by atoms with van der Waals surface area (Å²) in [6, 6.07) is 3.58. The number of hydrogen-bond acceptors (Lipinski definition) is 2. The second-order valence-electron chi connectivity index (χ2n) is 5.68. The zero-order chi connectivity index (χ0) is 17.2. The number of halogens is 3. The summed E-state index contributed by atoms with van der Waals surface area (Å²) < 4.78 is 38.6. The number of hydrogen-bond donors (Lipinski definition) is 2. The number of para-hydroxylation sites is 1. The van der Waals surface area contributed by atoms with Gasteiger partial charge in [0.05, 0.1) is 17.3 Å². The standard InChI is InChI=1S/C15H18F3N3O2/c1-9(2)21-8-10(7-13(21)22)19-14(23)20-12-6-4-3-5-11(12)15(16,17)18/h3-6,9-10H,7-8H2,1-2H3,(H2,19,20,23). The van der Waals surface area contributed by atoms with Gasteiger partial charge in [-0.05, 0) is 26.0 Å². The molecule has 8 heteroatoms. The van der Waals surface area contributed by atoms with Crippen molar-refractivity contribution in [2.24, 2.45) is 0 Å². The predicted octanol–water partition coefficient (Wildman–Crippen LogP) is 2.84. The minimum Gasteiger partial charge on any atom is -0.338 e. The van der Waals surface area contributed by atoms with Crippen LogP contribution in [-0.2, 0) is 11.0 Å². The Labute approximate surface area is 131 Å². The number of amides is 3. The molecule has 126 valence electrons. The lowest BCUT2D eigenvalue weighted by molar-refractivity contribution is -0.137. The van der Waals surface area contributed by atoms with Gasteiger partial charge in [0.2, 0.25) is 5.91 Å². The van der Waals surface area contributed by atoms with Crippen molar-refractivity contribution in [3.63, 3.8) is 0 Å². The maximum absolute atomic E-state index is 12.9. The van der Waals surface area contributed by atoms with Gasteiger partial charge in [-0.1, -0.05) is 12.1 Å². The zero-order valence-corrected chi connectivity index (χ0v) is 12.8. The second-order valence-corrected chi connectivity index (χ2v) is 5.68. The molecular formula is C15H18F3N3O2. The summed E-state index contributed by atoms with van der Waals surface area (Å²) in [6.45, 7) is 4.07. The molecule has 0 aliphatic carbocycles. The molecular weight excluding hydrogens is 311 g/mol. The van der Waals surface area contributed by atoms with Crippen molar-refractivity contribution >= 4 is 17.6 Å². The summed E-state index contributed by atoms with van der Waals surface area (Å²) in [4.78, 5) is 25.3. The SMILES string of the molecule is CC(C)N1CC(NC(=O)Nc2ccccc2C(F)(F)F)CC1=O. The Bertz CT molecular complexity index is 602. The summed E-state index contributed by atoms with van der Waals surface area (Å²) >= 11 is 0. The van der Waals surface area contributed by atoms with Gasteiger partial charge in [0.25, 0.3) is 0 Å². The molecule has 2 rings (SSSR count). The Morgan fingerprint density at radius 3 is 2.52 bits per heavy atom. The first-order valence-corrected chi connectivity index (χ1v) is 7.21. The van der Waals surface area contributed by atoms with Crippen molar-refractivity contribution in [3.05, 3.63) is 29.8 Å². The first kappa shape index (κ1) is 17.1. The van der Waals surface area contributed by atoms with Gasteiger partial charge >= 0.3 is 12.2 Å². The van der Waals surface area contributed by atoms with E-state index < -0.39 is 23.8 Å². The van der Waals surface area contributed by atoms with E-state index in [4.69, 9.17) is 0 Å². The maximum atomic E-state index is 12.9. The summed E-state index contributed by atoms with van der Waals surface area (Å²) in [7, 11) is 0. The van der Waals surface area contributed by atoms with Crippen LogP contribution in [0, 0.1) is 0 Å². The van der Waals surface area contributed by atoms with Crippen LogP contribution in [0.5, 0.6) is 0 Å². The number of alkyl halides is 3. The fourth-order valence-corrected chi connectivity index (χ4v) is 2.51. The van der Waals surface area contributed by atoms with Crippen molar-refractivity contribution in [1.82, 2.24) is 10.2 Å². The number of urea groups is 1. The molecule has 1 aliphatic rings. The van der Waals surface area contributed by atoms with Crippen molar-refractivity contribution in [1.29, 1.82) is 0 Å². The third-order valence-electron chi connectivity index (χ3n) is 3.60. The second kappa shape index (κ2) is 6.47. The largest absolute Gasteiger partial charge is 0.418 e. The molecule has 1 aliphatic heterocycles. The highest BCUT2D eigenvalue weighted by Crippen LogP contribution is 2.34. The highest BCUT2D eigenvalue weighted by molar-refractivity contribution is 5.91. The Balaban J connectivity index is 2.00. The van der Waals surface area contributed by atoms with Crippen LogP contribution in [0.25, 0.3) is 0 Å². The lowest BCUT2D eigenvalue weighted by Gasteiger charge is -2.21. The number of carbonyl (C=O) groups is 2. The first-order valence-electron chi connectivity index (χ1n) is 7.21. The van der Waals surface area contributed by atoms with E-state index in [2.05, 4.69) is 10.6 Å². The van der Waals surface area contributed by atoms with E-state index in [1.165, 1.54) is 18.2 Å². The van der Waals surface area contributed by atoms with Crippen LogP contribution in [0.15, 0.2) is 24.3 Å². The lowest BCUT2D eigenvalue weighted by atomic mass is 10.1. The number of nitrogens with one attached hydrogen (secondary N) is 2. The minimum absolute atomic E-state index is 0.0170. The van der Waals surface area contributed by atoms with Gasteiger partial charge in [-0.15, -0.1) is 0 Å². The minimum atomic E-state index is -4.55. The molecule has 0 aromatic heterocycles. The molecule has 1 atom stereocenters. The van der Waals surface area contributed by atoms with Crippen LogP contribution >= 0.6 is 0 Å². The average Bonchev–Trinajstić information content (AvgIpc) is 2.78. The predicted molar refractivity (Wildman–Crippen MR) is 78.9 cm³/mol. The third kappa shape index (κ3) is 4.14. The molecule has 5 nitrogen and oxygen atoms in total. The van der Waals surface area contributed by atoms with Crippen LogP contribution in [0.3, 0.4) is 0 Å². The topological polar surface area (TPSA) is 61.4 Å². The van der Waals surface area contributed by atoms with Gasteiger partial charge in [-0.2, -0.15) is 13.2 Å². The van der Waals surface area contributed by atoms with E-state index in [0.717, 1.165) is 6.07 Å². The van der Waals surface area contributed by atoms with Crippen molar-refractivity contribution in [3.8, 4) is 0 Å². The number of nitrogens with zero attached hydrogens (tertiary/aromatic N) is 1.